The molecule has 25 heavy (non-hydrogen) atoms. The molecule has 3 aromatic carbocycles. The van der Waals surface area contributed by atoms with Gasteiger partial charge in [-0.05, 0) is 29.3 Å². The third kappa shape index (κ3) is 2.57. The van der Waals surface area contributed by atoms with Crippen molar-refractivity contribution in [2.45, 2.75) is 13.2 Å². The minimum Gasteiger partial charge on any atom is -0.392 e. The van der Waals surface area contributed by atoms with Gasteiger partial charge in [0, 0.05) is 28.4 Å². The second-order valence-electron chi connectivity index (χ2n) is 6.15. The maximum absolute atomic E-state index is 11.9. The summed E-state index contributed by atoms with van der Waals surface area (Å²) in [7, 11) is 0. The number of rotatable bonds is 4. The van der Waals surface area contributed by atoms with Crippen molar-refractivity contribution in [1.29, 1.82) is 0 Å². The van der Waals surface area contributed by atoms with Gasteiger partial charge in [-0.2, -0.15) is 0 Å². The van der Waals surface area contributed by atoms with Crippen molar-refractivity contribution in [3.63, 3.8) is 0 Å². The van der Waals surface area contributed by atoms with E-state index in [0.717, 1.165) is 27.4 Å². The van der Waals surface area contributed by atoms with Crippen molar-refractivity contribution in [2.75, 3.05) is 0 Å². The van der Waals surface area contributed by atoms with Gasteiger partial charge in [-0.15, -0.1) is 0 Å². The lowest BCUT2D eigenvalue weighted by Gasteiger charge is -2.08. The molecule has 0 spiro atoms. The Balaban J connectivity index is 2.07. The second-order valence-corrected chi connectivity index (χ2v) is 6.15. The molecule has 1 aromatic heterocycles. The first-order chi connectivity index (χ1) is 12.2. The number of carbonyl (C=O) groups is 1. The summed E-state index contributed by atoms with van der Waals surface area (Å²) in [4.78, 5) is 11.9. The van der Waals surface area contributed by atoms with E-state index < -0.39 is 5.91 Å². The van der Waals surface area contributed by atoms with Gasteiger partial charge in [0.05, 0.1) is 12.1 Å². The Morgan fingerprint density at radius 1 is 0.920 bits per heavy atom. The number of carbonyl (C=O) groups excluding carboxylic acids is 1. The molecule has 4 nitrogen and oxygen atoms in total. The fourth-order valence-corrected chi connectivity index (χ4v) is 3.43. The number of aromatic nitrogens is 1. The molecule has 3 N–H and O–H groups in total. The highest BCUT2D eigenvalue weighted by Crippen LogP contribution is 2.33. The van der Waals surface area contributed by atoms with Crippen LogP contribution in [0.3, 0.4) is 0 Å². The van der Waals surface area contributed by atoms with Crippen LogP contribution in [0.1, 0.15) is 21.5 Å². The Hall–Kier alpha value is -3.11. The number of benzene rings is 3. The highest BCUT2D eigenvalue weighted by molar-refractivity contribution is 6.17. The number of primary amides is 1. The lowest BCUT2D eigenvalue weighted by molar-refractivity contribution is 0.100. The molecule has 0 aliphatic rings. The van der Waals surface area contributed by atoms with Crippen LogP contribution >= 0.6 is 0 Å². The van der Waals surface area contributed by atoms with Gasteiger partial charge in [-0.3, -0.25) is 4.79 Å². The minimum atomic E-state index is -0.435. The lowest BCUT2D eigenvalue weighted by atomic mass is 10.0. The van der Waals surface area contributed by atoms with E-state index in [9.17, 15) is 9.90 Å². The van der Waals surface area contributed by atoms with Crippen LogP contribution in [0.5, 0.6) is 0 Å². The molecule has 0 aliphatic carbocycles. The minimum absolute atomic E-state index is 0.0223. The molecular formula is C21H18N2O2. The van der Waals surface area contributed by atoms with E-state index in [1.54, 1.807) is 6.07 Å². The molecule has 0 atom stereocenters. The summed E-state index contributed by atoms with van der Waals surface area (Å²) in [6.07, 6.45) is 0. The number of hydrogen-bond donors (Lipinski definition) is 2. The number of hydrogen-bond acceptors (Lipinski definition) is 2. The average molecular weight is 330 g/mol. The molecule has 4 rings (SSSR count). The number of nitrogens with zero attached hydrogens (tertiary/aromatic N) is 1. The molecule has 0 radical (unpaired) electrons. The molecule has 4 heteroatoms. The van der Waals surface area contributed by atoms with Crippen LogP contribution in [0.15, 0.2) is 66.7 Å². The highest BCUT2D eigenvalue weighted by Gasteiger charge is 2.16. The van der Waals surface area contributed by atoms with Crippen molar-refractivity contribution < 1.29 is 9.90 Å². The highest BCUT2D eigenvalue weighted by atomic mass is 16.3. The van der Waals surface area contributed by atoms with Crippen LogP contribution in [-0.2, 0) is 13.2 Å². The van der Waals surface area contributed by atoms with E-state index >= 15 is 0 Å². The fourth-order valence-electron chi connectivity index (χ4n) is 3.43. The first-order valence-electron chi connectivity index (χ1n) is 8.17. The topological polar surface area (TPSA) is 68.2 Å². The first-order valence-corrected chi connectivity index (χ1v) is 8.17. The summed E-state index contributed by atoms with van der Waals surface area (Å²) in [5.74, 6) is -0.435. The summed E-state index contributed by atoms with van der Waals surface area (Å²) < 4.78 is 2.17. The third-order valence-corrected chi connectivity index (χ3v) is 4.59. The Morgan fingerprint density at radius 2 is 1.72 bits per heavy atom. The van der Waals surface area contributed by atoms with Gasteiger partial charge in [0.25, 0.3) is 0 Å². The van der Waals surface area contributed by atoms with Gasteiger partial charge in [0.2, 0.25) is 5.91 Å². The van der Waals surface area contributed by atoms with Crippen molar-refractivity contribution in [3.8, 4) is 0 Å². The summed E-state index contributed by atoms with van der Waals surface area (Å²) in [6.45, 7) is 0.656. The smallest absolute Gasteiger partial charge is 0.249 e. The molecule has 0 saturated carbocycles. The van der Waals surface area contributed by atoms with Crippen LogP contribution in [0.25, 0.3) is 21.8 Å². The predicted octanol–water partition coefficient (Wildman–Crippen LogP) is 3.43. The number of fused-ring (bicyclic) bond motifs is 3. The van der Waals surface area contributed by atoms with Gasteiger partial charge in [-0.1, -0.05) is 48.5 Å². The largest absolute Gasteiger partial charge is 0.392 e. The zero-order valence-corrected chi connectivity index (χ0v) is 13.6. The van der Waals surface area contributed by atoms with Gasteiger partial charge < -0.3 is 15.4 Å². The molecule has 0 bridgehead atoms. The summed E-state index contributed by atoms with van der Waals surface area (Å²) in [5, 5.41) is 11.3. The average Bonchev–Trinajstić information content (AvgIpc) is 2.95. The van der Waals surface area contributed by atoms with E-state index in [0.29, 0.717) is 12.1 Å². The molecule has 1 heterocycles. The Kier molecular flexibility index (Phi) is 3.75. The lowest BCUT2D eigenvalue weighted by Crippen LogP contribution is -2.11. The molecule has 0 saturated heterocycles. The van der Waals surface area contributed by atoms with Gasteiger partial charge >= 0.3 is 0 Å². The molecule has 0 unspecified atom stereocenters. The maximum atomic E-state index is 11.9. The Morgan fingerprint density at radius 3 is 2.44 bits per heavy atom. The third-order valence-electron chi connectivity index (χ3n) is 4.59. The molecule has 124 valence electrons. The van der Waals surface area contributed by atoms with Gasteiger partial charge in [-0.25, -0.2) is 0 Å². The predicted molar refractivity (Wildman–Crippen MR) is 99.4 cm³/mol. The summed E-state index contributed by atoms with van der Waals surface area (Å²) in [5.41, 5.74) is 10.1. The van der Waals surface area contributed by atoms with E-state index in [1.807, 2.05) is 48.5 Å². The molecule has 0 fully saturated rings. The fraction of sp³-hybridized carbons (Fsp3) is 0.0952. The van der Waals surface area contributed by atoms with Crippen molar-refractivity contribution in [1.82, 2.24) is 4.57 Å². The van der Waals surface area contributed by atoms with Crippen molar-refractivity contribution >= 4 is 27.7 Å². The van der Waals surface area contributed by atoms with Gasteiger partial charge in [0.1, 0.15) is 0 Å². The Bertz CT molecular complexity index is 1080. The Labute approximate surface area is 145 Å². The number of aliphatic hydroxyl groups excluding tert-OH is 1. The number of amides is 1. The van der Waals surface area contributed by atoms with Crippen molar-refractivity contribution in [2.24, 2.45) is 5.73 Å². The van der Waals surface area contributed by atoms with E-state index in [2.05, 4.69) is 16.7 Å². The second kappa shape index (κ2) is 6.07. The van der Waals surface area contributed by atoms with Crippen molar-refractivity contribution in [3.05, 3.63) is 83.4 Å². The van der Waals surface area contributed by atoms with Crippen LogP contribution in [0.4, 0.5) is 0 Å². The normalized spacial score (nSPS) is 11.2. The molecule has 0 aliphatic heterocycles. The molecule has 4 aromatic rings. The molecular weight excluding hydrogens is 312 g/mol. The first kappa shape index (κ1) is 15.4. The van der Waals surface area contributed by atoms with Crippen LogP contribution in [0.2, 0.25) is 0 Å². The SMILES string of the molecule is NC(=O)c1cccc2c1c1ccc(CO)cc1n2Cc1ccccc1. The summed E-state index contributed by atoms with van der Waals surface area (Å²) >= 11 is 0. The van der Waals surface area contributed by atoms with Crippen LogP contribution < -0.4 is 5.73 Å². The molecule has 1 amide bonds. The zero-order valence-electron chi connectivity index (χ0n) is 13.6. The van der Waals surface area contributed by atoms with E-state index in [-0.39, 0.29) is 6.61 Å². The quantitative estimate of drug-likeness (QED) is 0.602. The maximum Gasteiger partial charge on any atom is 0.249 e. The zero-order chi connectivity index (χ0) is 17.4. The van der Waals surface area contributed by atoms with Crippen LogP contribution in [0, 0.1) is 0 Å². The van der Waals surface area contributed by atoms with E-state index in [1.165, 1.54) is 5.56 Å². The summed E-state index contributed by atoms with van der Waals surface area (Å²) in [6, 6.07) is 21.6. The van der Waals surface area contributed by atoms with Gasteiger partial charge in [0.15, 0.2) is 0 Å². The standard InChI is InChI=1S/C21H18N2O2/c22-21(25)17-7-4-8-18-20(17)16-10-9-15(13-24)11-19(16)23(18)12-14-5-2-1-3-6-14/h1-11,24H,12-13H2,(H2,22,25). The number of aliphatic hydroxyl groups is 1. The monoisotopic (exact) mass is 330 g/mol. The number of nitrogens with two attached hydrogens (primary N) is 1. The van der Waals surface area contributed by atoms with E-state index in [4.69, 9.17) is 5.73 Å². The van der Waals surface area contributed by atoms with Crippen LogP contribution in [-0.4, -0.2) is 15.6 Å².